The first kappa shape index (κ1) is 17.9. The average Bonchev–Trinajstić information content (AvgIpc) is 2.93. The van der Waals surface area contributed by atoms with E-state index in [4.69, 9.17) is 27.3 Å². The lowest BCUT2D eigenvalue weighted by Gasteiger charge is -2.37. The van der Waals surface area contributed by atoms with Crippen molar-refractivity contribution in [2.45, 2.75) is 38.3 Å². The fraction of sp³-hybridized carbons (Fsp3) is 0.333. The van der Waals surface area contributed by atoms with Crippen molar-refractivity contribution in [3.8, 4) is 6.07 Å². The van der Waals surface area contributed by atoms with Gasteiger partial charge in [-0.3, -0.25) is 0 Å². The van der Waals surface area contributed by atoms with E-state index >= 15 is 0 Å². The Morgan fingerprint density at radius 3 is 2.79 bits per heavy atom. The molecule has 1 aliphatic rings. The van der Waals surface area contributed by atoms with Gasteiger partial charge >= 0.3 is 5.97 Å². The highest BCUT2D eigenvalue weighted by Crippen LogP contribution is 2.47. The Kier molecular flexibility index (Phi) is 5.20. The molecule has 0 aliphatic carbocycles. The second kappa shape index (κ2) is 6.98. The molecule has 6 heteroatoms. The van der Waals surface area contributed by atoms with Gasteiger partial charge in [-0.1, -0.05) is 24.2 Å². The number of ether oxygens (including phenoxy) is 1. The second-order valence-corrected chi connectivity index (χ2v) is 6.24. The molecule has 0 aromatic heterocycles. The Hall–Kier alpha value is -2.45. The van der Waals surface area contributed by atoms with Crippen LogP contribution in [0.2, 0.25) is 5.02 Å². The van der Waals surface area contributed by atoms with Crippen molar-refractivity contribution in [2.75, 3.05) is 0 Å². The molecule has 1 aromatic rings. The molecule has 5 nitrogen and oxygen atoms in total. The van der Waals surface area contributed by atoms with Gasteiger partial charge in [0, 0.05) is 22.5 Å². The van der Waals surface area contributed by atoms with Crippen LogP contribution in [0, 0.1) is 11.3 Å². The van der Waals surface area contributed by atoms with E-state index in [1.54, 1.807) is 43.1 Å². The summed E-state index contributed by atoms with van der Waals surface area (Å²) in [5, 5.41) is 9.37. The van der Waals surface area contributed by atoms with Crippen molar-refractivity contribution in [1.29, 1.82) is 5.26 Å². The van der Waals surface area contributed by atoms with Crippen molar-refractivity contribution in [3.63, 3.8) is 0 Å². The monoisotopic (exact) mass is 345 g/mol. The van der Waals surface area contributed by atoms with Crippen LogP contribution in [0.5, 0.6) is 0 Å². The molecule has 1 fully saturated rings. The smallest absolute Gasteiger partial charge is 0.337 e. The summed E-state index contributed by atoms with van der Waals surface area (Å²) in [6.45, 7) is 7.39. The molecule has 0 amide bonds. The largest absolute Gasteiger partial charge is 0.461 e. The van der Waals surface area contributed by atoms with Gasteiger partial charge in [0.25, 0.3) is 0 Å². The molecule has 2 N–H and O–H groups in total. The number of nitriles is 1. The summed E-state index contributed by atoms with van der Waals surface area (Å²) in [4.78, 5) is 14.7. The van der Waals surface area contributed by atoms with Crippen LogP contribution in [-0.2, 0) is 15.1 Å². The molecule has 1 atom stereocenters. The zero-order valence-electron chi connectivity index (χ0n) is 13.8. The van der Waals surface area contributed by atoms with Crippen LogP contribution < -0.4 is 5.73 Å². The predicted molar refractivity (Wildman–Crippen MR) is 92.6 cm³/mol. The number of hydrogen-bond acceptors (Lipinski definition) is 5. The van der Waals surface area contributed by atoms with E-state index in [0.29, 0.717) is 29.0 Å². The lowest BCUT2D eigenvalue weighted by Crippen LogP contribution is -2.46. The third kappa shape index (κ3) is 2.85. The Labute approximate surface area is 146 Å². The first-order valence-electron chi connectivity index (χ1n) is 7.64. The highest BCUT2D eigenvalue weighted by atomic mass is 35.5. The van der Waals surface area contributed by atoms with Gasteiger partial charge in [-0.25, -0.2) is 4.79 Å². The zero-order chi connectivity index (χ0) is 17.9. The summed E-state index contributed by atoms with van der Waals surface area (Å²) in [6, 6.07) is 6.92. The van der Waals surface area contributed by atoms with Crippen LogP contribution in [-0.4, -0.2) is 17.0 Å². The van der Waals surface area contributed by atoms with E-state index in [9.17, 15) is 4.79 Å². The molecule has 24 heavy (non-hydrogen) atoms. The molecule has 1 saturated heterocycles. The van der Waals surface area contributed by atoms with Gasteiger partial charge < -0.3 is 15.4 Å². The number of allylic oxidation sites excluding steroid dienone is 1. The summed E-state index contributed by atoms with van der Waals surface area (Å²) in [6.07, 6.45) is 3.79. The summed E-state index contributed by atoms with van der Waals surface area (Å²) in [5.74, 6) is -0.416. The van der Waals surface area contributed by atoms with Crippen LogP contribution in [0.4, 0.5) is 0 Å². The molecule has 1 unspecified atom stereocenters. The number of carbonyl (C=O) groups excluding carboxylic acids is 1. The maximum Gasteiger partial charge on any atom is 0.337 e. The number of rotatable bonds is 4. The molecule has 1 aromatic carbocycles. The van der Waals surface area contributed by atoms with Crippen molar-refractivity contribution < 1.29 is 9.53 Å². The predicted octanol–water partition coefficient (Wildman–Crippen LogP) is 3.40. The Bertz CT molecular complexity index is 736. The molecule has 126 valence electrons. The van der Waals surface area contributed by atoms with Crippen LogP contribution >= 0.6 is 11.6 Å². The number of likely N-dealkylation sites (tertiary alicyclic amines) is 1. The fourth-order valence-electron chi connectivity index (χ4n) is 3.04. The molecule has 0 saturated carbocycles. The van der Waals surface area contributed by atoms with Crippen molar-refractivity contribution in [3.05, 3.63) is 59.0 Å². The molecule has 0 bridgehead atoms. The summed E-state index contributed by atoms with van der Waals surface area (Å²) in [7, 11) is 0. The molecular weight excluding hydrogens is 326 g/mol. The standard InChI is InChI=1S/C18H20ClN3O2/c1-4-22-14(11-21)7-8-18(22,17(23)24-12(2)3)15-6-5-13(10-20)9-16(15)19/h4-6,9,11-12H,1,7-8,21H2,2-3H3/b14-11-. The number of esters is 1. The average molecular weight is 346 g/mol. The Balaban J connectivity index is 2.67. The van der Waals surface area contributed by atoms with Gasteiger partial charge in [0.15, 0.2) is 5.54 Å². The molecule has 1 aliphatic heterocycles. The SMILES string of the molecule is C=CN1/C(=C\N)CCC1(C(=O)OC(C)C)c1ccc(C#N)cc1Cl. The number of nitrogens with two attached hydrogens (primary N) is 1. The van der Waals surface area contributed by atoms with Gasteiger partial charge in [0.2, 0.25) is 0 Å². The van der Waals surface area contributed by atoms with Crippen LogP contribution in [0.15, 0.2) is 42.9 Å². The number of carbonyl (C=O) groups is 1. The first-order chi connectivity index (χ1) is 11.4. The summed E-state index contributed by atoms with van der Waals surface area (Å²) >= 11 is 6.40. The maximum atomic E-state index is 13.0. The van der Waals surface area contributed by atoms with E-state index in [0.717, 1.165) is 5.70 Å². The minimum Gasteiger partial charge on any atom is -0.461 e. The number of benzene rings is 1. The topological polar surface area (TPSA) is 79.3 Å². The summed E-state index contributed by atoms with van der Waals surface area (Å²) in [5.41, 5.74) is 6.34. The quantitative estimate of drug-likeness (QED) is 0.846. The van der Waals surface area contributed by atoms with Gasteiger partial charge in [-0.2, -0.15) is 5.26 Å². The number of hydrogen-bond donors (Lipinski definition) is 1. The van der Waals surface area contributed by atoms with E-state index in [1.807, 2.05) is 6.07 Å². The third-order valence-corrected chi connectivity index (χ3v) is 4.38. The van der Waals surface area contributed by atoms with Crippen LogP contribution in [0.1, 0.15) is 37.8 Å². The van der Waals surface area contributed by atoms with E-state index in [-0.39, 0.29) is 6.10 Å². The highest BCUT2D eigenvalue weighted by molar-refractivity contribution is 6.31. The van der Waals surface area contributed by atoms with Crippen molar-refractivity contribution in [2.24, 2.45) is 5.73 Å². The lowest BCUT2D eigenvalue weighted by atomic mass is 9.86. The van der Waals surface area contributed by atoms with E-state index in [1.165, 1.54) is 6.20 Å². The first-order valence-corrected chi connectivity index (χ1v) is 8.02. The van der Waals surface area contributed by atoms with Crippen molar-refractivity contribution in [1.82, 2.24) is 4.90 Å². The van der Waals surface area contributed by atoms with Gasteiger partial charge in [-0.15, -0.1) is 0 Å². The Morgan fingerprint density at radius 2 is 2.29 bits per heavy atom. The molecular formula is C18H20ClN3O2. The minimum atomic E-state index is -1.14. The number of nitrogens with zero attached hydrogens (tertiary/aromatic N) is 2. The molecule has 0 spiro atoms. The lowest BCUT2D eigenvalue weighted by molar-refractivity contribution is -0.159. The molecule has 0 radical (unpaired) electrons. The van der Waals surface area contributed by atoms with Gasteiger partial charge in [0.05, 0.1) is 17.7 Å². The third-order valence-electron chi connectivity index (χ3n) is 4.06. The summed E-state index contributed by atoms with van der Waals surface area (Å²) < 4.78 is 5.51. The zero-order valence-corrected chi connectivity index (χ0v) is 14.5. The molecule has 2 rings (SSSR count). The van der Waals surface area contributed by atoms with Crippen molar-refractivity contribution >= 4 is 17.6 Å². The second-order valence-electron chi connectivity index (χ2n) is 5.83. The van der Waals surface area contributed by atoms with Crippen LogP contribution in [0.25, 0.3) is 0 Å². The maximum absolute atomic E-state index is 13.0. The van der Waals surface area contributed by atoms with Crippen LogP contribution in [0.3, 0.4) is 0 Å². The van der Waals surface area contributed by atoms with Gasteiger partial charge in [-0.05, 0) is 45.0 Å². The Morgan fingerprint density at radius 1 is 1.58 bits per heavy atom. The normalized spacial score (nSPS) is 21.8. The van der Waals surface area contributed by atoms with Gasteiger partial charge in [0.1, 0.15) is 0 Å². The fourth-order valence-corrected chi connectivity index (χ4v) is 3.38. The number of halogens is 1. The molecule has 1 heterocycles. The minimum absolute atomic E-state index is 0.274. The highest BCUT2D eigenvalue weighted by Gasteiger charge is 2.52. The van der Waals surface area contributed by atoms with E-state index in [2.05, 4.69) is 6.58 Å². The van der Waals surface area contributed by atoms with E-state index < -0.39 is 11.5 Å².